The summed E-state index contributed by atoms with van der Waals surface area (Å²) < 4.78 is 22.0. The van der Waals surface area contributed by atoms with E-state index < -0.39 is 11.4 Å². The monoisotopic (exact) mass is 279 g/mol. The first-order valence-electron chi connectivity index (χ1n) is 6.45. The third-order valence-corrected chi connectivity index (χ3v) is 3.08. The minimum absolute atomic E-state index is 0.101. The fraction of sp³-hybridized carbons (Fsp3) is 0.357. The van der Waals surface area contributed by atoms with Crippen molar-refractivity contribution in [1.29, 1.82) is 0 Å². The van der Waals surface area contributed by atoms with Crippen LogP contribution in [0.2, 0.25) is 0 Å². The van der Waals surface area contributed by atoms with Gasteiger partial charge in [-0.15, -0.1) is 0 Å². The zero-order valence-corrected chi connectivity index (χ0v) is 11.6. The van der Waals surface area contributed by atoms with E-state index in [4.69, 9.17) is 10.5 Å². The SMILES string of the molecule is CCCn1c(COC)c(N)c(=O)n1-c1ccccc1F. The second-order valence-electron chi connectivity index (χ2n) is 4.48. The number of nitrogen functional groups attached to an aromatic ring is 1. The second-order valence-corrected chi connectivity index (χ2v) is 4.48. The van der Waals surface area contributed by atoms with Crippen LogP contribution in [-0.2, 0) is 17.9 Å². The van der Waals surface area contributed by atoms with Crippen LogP contribution in [0.15, 0.2) is 29.1 Å². The Labute approximate surface area is 116 Å². The molecule has 0 amide bonds. The van der Waals surface area contributed by atoms with Crippen LogP contribution in [0, 0.1) is 5.82 Å². The molecule has 5 nitrogen and oxygen atoms in total. The predicted molar refractivity (Wildman–Crippen MR) is 75.4 cm³/mol. The van der Waals surface area contributed by atoms with E-state index in [1.807, 2.05) is 6.92 Å². The molecule has 1 aromatic carbocycles. The number of ether oxygens (including phenoxy) is 1. The van der Waals surface area contributed by atoms with Gasteiger partial charge >= 0.3 is 0 Å². The summed E-state index contributed by atoms with van der Waals surface area (Å²) in [6.45, 7) is 2.74. The van der Waals surface area contributed by atoms with Crippen molar-refractivity contribution in [2.45, 2.75) is 26.5 Å². The highest BCUT2D eigenvalue weighted by Gasteiger charge is 2.19. The Hall–Kier alpha value is -2.08. The lowest BCUT2D eigenvalue weighted by atomic mass is 10.3. The molecule has 2 aromatic rings. The molecule has 0 unspecified atom stereocenters. The number of anilines is 1. The molecule has 6 heteroatoms. The number of rotatable bonds is 5. The van der Waals surface area contributed by atoms with E-state index >= 15 is 0 Å². The molecule has 0 bridgehead atoms. The lowest BCUT2D eigenvalue weighted by Gasteiger charge is -2.14. The van der Waals surface area contributed by atoms with Gasteiger partial charge < -0.3 is 10.5 Å². The van der Waals surface area contributed by atoms with Gasteiger partial charge in [0.05, 0.1) is 12.3 Å². The fourth-order valence-corrected chi connectivity index (χ4v) is 2.21. The molecule has 1 aromatic heterocycles. The highest BCUT2D eigenvalue weighted by molar-refractivity contribution is 5.45. The minimum Gasteiger partial charge on any atom is -0.393 e. The quantitative estimate of drug-likeness (QED) is 0.909. The predicted octanol–water partition coefficient (Wildman–Crippen LogP) is 1.92. The van der Waals surface area contributed by atoms with E-state index in [-0.39, 0.29) is 18.0 Å². The normalized spacial score (nSPS) is 10.9. The number of para-hydroxylation sites is 1. The third kappa shape index (κ3) is 2.34. The first kappa shape index (κ1) is 14.3. The third-order valence-electron chi connectivity index (χ3n) is 3.08. The topological polar surface area (TPSA) is 62.2 Å². The summed E-state index contributed by atoms with van der Waals surface area (Å²) in [4.78, 5) is 12.3. The average Bonchev–Trinajstić information content (AvgIpc) is 2.66. The van der Waals surface area contributed by atoms with E-state index in [0.29, 0.717) is 12.2 Å². The summed E-state index contributed by atoms with van der Waals surface area (Å²) in [7, 11) is 1.53. The Bertz CT molecular complexity index is 661. The number of nitrogens with zero attached hydrogens (tertiary/aromatic N) is 2. The largest absolute Gasteiger partial charge is 0.393 e. The Balaban J connectivity index is 2.72. The van der Waals surface area contributed by atoms with Crippen molar-refractivity contribution in [3.8, 4) is 5.69 Å². The van der Waals surface area contributed by atoms with E-state index in [9.17, 15) is 9.18 Å². The van der Waals surface area contributed by atoms with Gasteiger partial charge in [-0.3, -0.25) is 9.48 Å². The van der Waals surface area contributed by atoms with Gasteiger partial charge in [0, 0.05) is 13.7 Å². The summed E-state index contributed by atoms with van der Waals surface area (Å²) in [5.41, 5.74) is 6.30. The molecule has 0 aliphatic carbocycles. The standard InChI is InChI=1S/C14H18FN3O2/c1-3-8-17-12(9-20-2)13(16)14(19)18(17)11-7-5-4-6-10(11)15/h4-7H,3,8-9,16H2,1-2H3. The highest BCUT2D eigenvalue weighted by atomic mass is 19.1. The van der Waals surface area contributed by atoms with Crippen molar-refractivity contribution < 1.29 is 9.13 Å². The molecule has 0 spiro atoms. The van der Waals surface area contributed by atoms with Crippen LogP contribution in [0.4, 0.5) is 10.1 Å². The number of nitrogens with two attached hydrogens (primary N) is 1. The Morgan fingerprint density at radius 1 is 1.35 bits per heavy atom. The van der Waals surface area contributed by atoms with Crippen LogP contribution >= 0.6 is 0 Å². The van der Waals surface area contributed by atoms with Crippen LogP contribution in [0.5, 0.6) is 0 Å². The molecule has 1 heterocycles. The summed E-state index contributed by atoms with van der Waals surface area (Å²) in [5, 5.41) is 0. The van der Waals surface area contributed by atoms with Crippen molar-refractivity contribution in [2.24, 2.45) is 0 Å². The number of hydrogen-bond donors (Lipinski definition) is 1. The van der Waals surface area contributed by atoms with Crippen molar-refractivity contribution in [1.82, 2.24) is 9.36 Å². The van der Waals surface area contributed by atoms with Crippen LogP contribution < -0.4 is 11.3 Å². The van der Waals surface area contributed by atoms with Crippen LogP contribution in [-0.4, -0.2) is 16.5 Å². The van der Waals surface area contributed by atoms with Crippen LogP contribution in [0.25, 0.3) is 5.69 Å². The van der Waals surface area contributed by atoms with E-state index in [1.54, 1.807) is 22.9 Å². The molecule has 0 saturated heterocycles. The summed E-state index contributed by atoms with van der Waals surface area (Å²) in [6.07, 6.45) is 0.790. The molecule has 0 aliphatic heterocycles. The smallest absolute Gasteiger partial charge is 0.295 e. The molecule has 0 radical (unpaired) electrons. The maximum Gasteiger partial charge on any atom is 0.295 e. The molecule has 0 saturated carbocycles. The Morgan fingerprint density at radius 3 is 2.65 bits per heavy atom. The van der Waals surface area contributed by atoms with Gasteiger partial charge in [-0.25, -0.2) is 9.07 Å². The lowest BCUT2D eigenvalue weighted by Crippen LogP contribution is -2.23. The van der Waals surface area contributed by atoms with Crippen molar-refractivity contribution in [3.63, 3.8) is 0 Å². The molecule has 0 aliphatic rings. The molecular weight excluding hydrogens is 261 g/mol. The molecule has 108 valence electrons. The summed E-state index contributed by atoms with van der Waals surface area (Å²) >= 11 is 0. The number of halogens is 1. The van der Waals surface area contributed by atoms with Crippen molar-refractivity contribution in [3.05, 3.63) is 46.1 Å². The van der Waals surface area contributed by atoms with E-state index in [2.05, 4.69) is 0 Å². The van der Waals surface area contributed by atoms with Crippen molar-refractivity contribution in [2.75, 3.05) is 12.8 Å². The van der Waals surface area contributed by atoms with Gasteiger partial charge in [0.15, 0.2) is 0 Å². The highest BCUT2D eigenvalue weighted by Crippen LogP contribution is 2.17. The Morgan fingerprint density at radius 2 is 2.05 bits per heavy atom. The summed E-state index contributed by atoms with van der Waals surface area (Å²) in [5.74, 6) is -0.464. The molecule has 20 heavy (non-hydrogen) atoms. The molecule has 0 fully saturated rings. The number of benzene rings is 1. The first-order chi connectivity index (χ1) is 9.61. The zero-order chi connectivity index (χ0) is 14.7. The van der Waals surface area contributed by atoms with Gasteiger partial charge in [-0.2, -0.15) is 0 Å². The number of methoxy groups -OCH3 is 1. The lowest BCUT2D eigenvalue weighted by molar-refractivity contribution is 0.176. The average molecular weight is 279 g/mol. The maximum atomic E-state index is 14.0. The minimum atomic E-state index is -0.464. The van der Waals surface area contributed by atoms with Gasteiger partial charge in [0.25, 0.3) is 5.56 Å². The van der Waals surface area contributed by atoms with Gasteiger partial charge in [0.2, 0.25) is 0 Å². The molecule has 0 atom stereocenters. The molecule has 2 N–H and O–H groups in total. The summed E-state index contributed by atoms with van der Waals surface area (Å²) in [6, 6.07) is 6.13. The first-order valence-corrected chi connectivity index (χ1v) is 6.45. The molecular formula is C14H18FN3O2. The van der Waals surface area contributed by atoms with Crippen LogP contribution in [0.1, 0.15) is 19.0 Å². The van der Waals surface area contributed by atoms with Gasteiger partial charge in [0.1, 0.15) is 17.2 Å². The zero-order valence-electron chi connectivity index (χ0n) is 11.6. The number of aromatic nitrogens is 2. The van der Waals surface area contributed by atoms with Gasteiger partial charge in [-0.1, -0.05) is 19.1 Å². The van der Waals surface area contributed by atoms with E-state index in [1.165, 1.54) is 17.9 Å². The molecule has 2 rings (SSSR count). The Kier molecular flexibility index (Phi) is 4.24. The number of hydrogen-bond acceptors (Lipinski definition) is 3. The van der Waals surface area contributed by atoms with E-state index in [0.717, 1.165) is 6.42 Å². The fourth-order valence-electron chi connectivity index (χ4n) is 2.21. The van der Waals surface area contributed by atoms with Gasteiger partial charge in [-0.05, 0) is 18.6 Å². The second kappa shape index (κ2) is 5.92. The van der Waals surface area contributed by atoms with Crippen LogP contribution in [0.3, 0.4) is 0 Å². The maximum absolute atomic E-state index is 14.0. The van der Waals surface area contributed by atoms with Crippen molar-refractivity contribution >= 4 is 5.69 Å².